The van der Waals surface area contributed by atoms with Gasteiger partial charge in [-0.1, -0.05) is 53.3 Å². The first kappa shape index (κ1) is 16.8. The predicted molar refractivity (Wildman–Crippen MR) is 103 cm³/mol. The maximum absolute atomic E-state index is 12.4. The molecular weight excluding hydrogens is 370 g/mol. The Morgan fingerprint density at radius 3 is 2.73 bits per heavy atom. The van der Waals surface area contributed by atoms with Crippen LogP contribution in [0.5, 0.6) is 5.75 Å². The van der Waals surface area contributed by atoms with Crippen molar-refractivity contribution in [2.24, 2.45) is 0 Å². The van der Waals surface area contributed by atoms with E-state index in [0.29, 0.717) is 21.4 Å². The molecule has 0 saturated carbocycles. The smallest absolute Gasteiger partial charge is 0.275 e. The lowest BCUT2D eigenvalue weighted by Crippen LogP contribution is -2.16. The predicted octanol–water partition coefficient (Wildman–Crippen LogP) is 4.36. The van der Waals surface area contributed by atoms with Crippen molar-refractivity contribution >= 4 is 27.9 Å². The van der Waals surface area contributed by atoms with Crippen molar-refractivity contribution in [2.75, 3.05) is 0 Å². The van der Waals surface area contributed by atoms with Gasteiger partial charge in [0.25, 0.3) is 5.56 Å². The van der Waals surface area contributed by atoms with Crippen molar-refractivity contribution in [3.63, 3.8) is 0 Å². The zero-order valence-corrected chi connectivity index (χ0v) is 15.4. The molecule has 0 atom stereocenters. The third-order valence-electron chi connectivity index (χ3n) is 3.83. The van der Waals surface area contributed by atoms with Crippen LogP contribution in [-0.2, 0) is 6.61 Å². The van der Waals surface area contributed by atoms with E-state index in [2.05, 4.69) is 10.1 Å². The van der Waals surface area contributed by atoms with Crippen molar-refractivity contribution in [3.8, 4) is 16.3 Å². The molecule has 0 bridgehead atoms. The fourth-order valence-corrected chi connectivity index (χ4v) is 3.71. The molecule has 130 valence electrons. The molecule has 2 heterocycles. The second-order valence-electron chi connectivity index (χ2n) is 5.75. The average molecular weight is 384 g/mol. The summed E-state index contributed by atoms with van der Waals surface area (Å²) in [6.07, 6.45) is 0. The molecule has 4 aromatic rings. The molecule has 26 heavy (non-hydrogen) atoms. The van der Waals surface area contributed by atoms with E-state index in [4.69, 9.17) is 16.3 Å². The van der Waals surface area contributed by atoms with Gasteiger partial charge in [-0.2, -0.15) is 9.61 Å². The van der Waals surface area contributed by atoms with Gasteiger partial charge in [-0.15, -0.1) is 0 Å². The zero-order valence-electron chi connectivity index (χ0n) is 13.8. The lowest BCUT2D eigenvalue weighted by Gasteiger charge is -2.08. The second kappa shape index (κ2) is 6.90. The van der Waals surface area contributed by atoms with Crippen LogP contribution in [0.4, 0.5) is 0 Å². The monoisotopic (exact) mass is 383 g/mol. The van der Waals surface area contributed by atoms with Crippen LogP contribution < -0.4 is 10.3 Å². The van der Waals surface area contributed by atoms with Crippen molar-refractivity contribution in [1.82, 2.24) is 14.6 Å². The topological polar surface area (TPSA) is 56.5 Å². The molecule has 5 nitrogen and oxygen atoms in total. The number of aromatic nitrogens is 3. The van der Waals surface area contributed by atoms with Crippen LogP contribution in [0.2, 0.25) is 5.02 Å². The van der Waals surface area contributed by atoms with E-state index < -0.39 is 0 Å². The van der Waals surface area contributed by atoms with Crippen molar-refractivity contribution in [1.29, 1.82) is 0 Å². The Kier molecular flexibility index (Phi) is 4.44. The van der Waals surface area contributed by atoms with Gasteiger partial charge in [0.15, 0.2) is 0 Å². The van der Waals surface area contributed by atoms with Gasteiger partial charge in [0.2, 0.25) is 4.96 Å². The number of benzene rings is 2. The summed E-state index contributed by atoms with van der Waals surface area (Å²) in [6, 6.07) is 16.6. The van der Waals surface area contributed by atoms with Gasteiger partial charge in [-0.05, 0) is 30.7 Å². The third-order valence-corrected chi connectivity index (χ3v) is 5.02. The van der Waals surface area contributed by atoms with E-state index >= 15 is 0 Å². The summed E-state index contributed by atoms with van der Waals surface area (Å²) in [4.78, 5) is 17.4. The molecule has 0 aliphatic carbocycles. The largest absolute Gasteiger partial charge is 0.487 e. The Balaban J connectivity index is 1.63. The maximum Gasteiger partial charge on any atom is 0.275 e. The molecule has 0 amide bonds. The Hall–Kier alpha value is -2.70. The van der Waals surface area contributed by atoms with Gasteiger partial charge >= 0.3 is 0 Å². The zero-order chi connectivity index (χ0) is 18.1. The van der Waals surface area contributed by atoms with Crippen LogP contribution in [0.1, 0.15) is 11.3 Å². The van der Waals surface area contributed by atoms with Crippen LogP contribution in [-0.4, -0.2) is 14.6 Å². The number of halogens is 1. The summed E-state index contributed by atoms with van der Waals surface area (Å²) >= 11 is 7.33. The Morgan fingerprint density at radius 1 is 1.15 bits per heavy atom. The van der Waals surface area contributed by atoms with E-state index in [1.54, 1.807) is 6.07 Å². The van der Waals surface area contributed by atoms with Crippen molar-refractivity contribution in [2.45, 2.75) is 13.5 Å². The SMILES string of the molecule is Cc1cc(Cl)ccc1OCc1cc(=O)n2nc(-c3ccccc3)sc2n1. The summed E-state index contributed by atoms with van der Waals surface area (Å²) in [5.41, 5.74) is 2.23. The van der Waals surface area contributed by atoms with Crippen LogP contribution in [0, 0.1) is 6.92 Å². The fourth-order valence-electron chi connectivity index (χ4n) is 2.55. The van der Waals surface area contributed by atoms with Crippen LogP contribution in [0.3, 0.4) is 0 Å². The van der Waals surface area contributed by atoms with E-state index in [1.807, 2.05) is 49.4 Å². The molecule has 0 aliphatic heterocycles. The van der Waals surface area contributed by atoms with Crippen LogP contribution >= 0.6 is 22.9 Å². The van der Waals surface area contributed by atoms with Crippen molar-refractivity contribution in [3.05, 3.63) is 81.2 Å². The van der Waals surface area contributed by atoms with Gasteiger partial charge in [0.05, 0.1) is 5.69 Å². The Morgan fingerprint density at radius 2 is 1.96 bits per heavy atom. The quantitative estimate of drug-likeness (QED) is 0.525. The number of hydrogen-bond donors (Lipinski definition) is 0. The van der Waals surface area contributed by atoms with Gasteiger partial charge in [0.1, 0.15) is 17.4 Å². The van der Waals surface area contributed by atoms with E-state index in [1.165, 1.54) is 21.9 Å². The van der Waals surface area contributed by atoms with Gasteiger partial charge in [-0.25, -0.2) is 4.98 Å². The average Bonchev–Trinajstić information content (AvgIpc) is 3.07. The molecule has 0 saturated heterocycles. The molecule has 7 heteroatoms. The lowest BCUT2D eigenvalue weighted by molar-refractivity contribution is 0.299. The minimum absolute atomic E-state index is 0.201. The molecular formula is C19H14ClN3O2S. The molecule has 0 spiro atoms. The Labute approximate surface area is 158 Å². The van der Waals surface area contributed by atoms with Gasteiger partial charge in [0, 0.05) is 16.7 Å². The number of nitrogens with zero attached hydrogens (tertiary/aromatic N) is 3. The lowest BCUT2D eigenvalue weighted by atomic mass is 10.2. The summed E-state index contributed by atoms with van der Waals surface area (Å²) in [5.74, 6) is 0.714. The highest BCUT2D eigenvalue weighted by Gasteiger charge is 2.11. The van der Waals surface area contributed by atoms with Gasteiger partial charge < -0.3 is 4.74 Å². The molecule has 0 N–H and O–H groups in total. The number of hydrogen-bond acceptors (Lipinski definition) is 5. The van der Waals surface area contributed by atoms with Crippen LogP contribution in [0.15, 0.2) is 59.4 Å². The first-order chi connectivity index (χ1) is 12.6. The number of rotatable bonds is 4. The number of aryl methyl sites for hydroxylation is 1. The summed E-state index contributed by atoms with van der Waals surface area (Å²) in [6.45, 7) is 2.12. The summed E-state index contributed by atoms with van der Waals surface area (Å²) in [5, 5.41) is 5.78. The standard InChI is InChI=1S/C19H14ClN3O2S/c1-12-9-14(20)7-8-16(12)25-11-15-10-17(24)23-19(21-15)26-18(22-23)13-5-3-2-4-6-13/h2-10H,11H2,1H3. The van der Waals surface area contributed by atoms with Gasteiger partial charge in [-0.3, -0.25) is 4.79 Å². The maximum atomic E-state index is 12.4. The minimum atomic E-state index is -0.222. The molecule has 0 aliphatic rings. The molecule has 0 radical (unpaired) electrons. The second-order valence-corrected chi connectivity index (χ2v) is 7.14. The highest BCUT2D eigenvalue weighted by Crippen LogP contribution is 2.25. The number of fused-ring (bicyclic) bond motifs is 1. The third kappa shape index (κ3) is 3.34. The summed E-state index contributed by atoms with van der Waals surface area (Å²) in [7, 11) is 0. The van der Waals surface area contributed by atoms with Crippen molar-refractivity contribution < 1.29 is 4.74 Å². The number of ether oxygens (including phenoxy) is 1. The molecule has 2 aromatic heterocycles. The van der Waals surface area contributed by atoms with E-state index in [0.717, 1.165) is 16.1 Å². The first-order valence-corrected chi connectivity index (χ1v) is 9.14. The highest BCUT2D eigenvalue weighted by molar-refractivity contribution is 7.19. The summed E-state index contributed by atoms with van der Waals surface area (Å²) < 4.78 is 7.11. The highest BCUT2D eigenvalue weighted by atomic mass is 35.5. The molecule has 4 rings (SSSR count). The minimum Gasteiger partial charge on any atom is -0.487 e. The Bertz CT molecular complexity index is 1140. The first-order valence-electron chi connectivity index (χ1n) is 7.94. The molecule has 2 aromatic carbocycles. The van der Waals surface area contributed by atoms with E-state index in [9.17, 15) is 4.79 Å². The molecule has 0 unspecified atom stereocenters. The molecule has 0 fully saturated rings. The van der Waals surface area contributed by atoms with E-state index in [-0.39, 0.29) is 12.2 Å². The van der Waals surface area contributed by atoms with Crippen LogP contribution in [0.25, 0.3) is 15.5 Å². The fraction of sp³-hybridized carbons (Fsp3) is 0.105. The normalized spacial score (nSPS) is 11.0.